The molecule has 154 valence electrons. The van der Waals surface area contributed by atoms with Crippen LogP contribution in [0.1, 0.15) is 6.92 Å². The fourth-order valence-corrected chi connectivity index (χ4v) is 3.59. The quantitative estimate of drug-likeness (QED) is 0.422. The first-order valence-electron chi connectivity index (χ1n) is 8.73. The number of alkyl halides is 1. The van der Waals surface area contributed by atoms with Gasteiger partial charge in [0.05, 0.1) is 6.54 Å². The minimum atomic E-state index is -0.638. The molecule has 0 bridgehead atoms. The van der Waals surface area contributed by atoms with Crippen molar-refractivity contribution >= 4 is 57.9 Å². The van der Waals surface area contributed by atoms with Gasteiger partial charge in [0.25, 0.3) is 11.5 Å². The van der Waals surface area contributed by atoms with Crippen LogP contribution >= 0.6 is 22.9 Å². The predicted molar refractivity (Wildman–Crippen MR) is 118 cm³/mol. The molecule has 1 heterocycles. The van der Waals surface area contributed by atoms with Gasteiger partial charge >= 0.3 is 0 Å². The average Bonchev–Trinajstić information content (AvgIpc) is 3.06. The number of nitrogens with zero attached hydrogens (tertiary/aromatic N) is 2. The molecule has 2 rings (SSSR count). The van der Waals surface area contributed by atoms with Gasteiger partial charge < -0.3 is 16.0 Å². The van der Waals surface area contributed by atoms with Crippen molar-refractivity contribution in [3.63, 3.8) is 0 Å². The van der Waals surface area contributed by atoms with Crippen LogP contribution in [-0.2, 0) is 16.1 Å². The van der Waals surface area contributed by atoms with Gasteiger partial charge in [-0.05, 0) is 25.1 Å². The Morgan fingerprint density at radius 3 is 2.73 bits per heavy atom. The topological polar surface area (TPSA) is 116 Å². The Morgan fingerprint density at radius 1 is 1.37 bits per heavy atom. The Kier molecular flexibility index (Phi) is 8.24. The van der Waals surface area contributed by atoms with Crippen LogP contribution in [0.15, 0.2) is 29.1 Å². The molecule has 3 N–H and O–H groups in total. The van der Waals surface area contributed by atoms with Gasteiger partial charge in [-0.3, -0.25) is 19.0 Å². The molecular weight excluding hydrogens is 426 g/mol. The van der Waals surface area contributed by atoms with E-state index in [-0.39, 0.29) is 40.7 Å². The number of halogens is 1. The molecule has 8 nitrogen and oxygen atoms in total. The van der Waals surface area contributed by atoms with Gasteiger partial charge in [-0.25, -0.2) is 0 Å². The monoisotopic (exact) mass is 443 g/mol. The van der Waals surface area contributed by atoms with E-state index >= 15 is 0 Å². The average molecular weight is 444 g/mol. The van der Waals surface area contributed by atoms with E-state index in [2.05, 4.69) is 21.9 Å². The molecule has 0 spiro atoms. The first-order chi connectivity index (χ1) is 14.4. The van der Waals surface area contributed by atoms with E-state index in [1.54, 1.807) is 31.2 Å². The fourth-order valence-electron chi connectivity index (χ4n) is 2.44. The van der Waals surface area contributed by atoms with Crippen LogP contribution in [-0.4, -0.2) is 28.8 Å². The normalized spacial score (nSPS) is 11.8. The molecule has 1 aromatic heterocycles. The van der Waals surface area contributed by atoms with Crippen molar-refractivity contribution in [2.75, 3.05) is 23.1 Å². The number of terminal acetylenes is 1. The van der Waals surface area contributed by atoms with E-state index in [0.717, 1.165) is 11.3 Å². The number of rotatable bonds is 7. The molecule has 2 amide bonds. The Hall–Kier alpha value is -3.53. The van der Waals surface area contributed by atoms with Crippen LogP contribution in [0.2, 0.25) is 0 Å². The summed E-state index contributed by atoms with van der Waals surface area (Å²) in [4.78, 5) is 36.3. The van der Waals surface area contributed by atoms with Gasteiger partial charge in [0, 0.05) is 24.1 Å². The van der Waals surface area contributed by atoms with Crippen molar-refractivity contribution in [2.45, 2.75) is 13.5 Å². The maximum Gasteiger partial charge on any atom is 0.270 e. The molecule has 10 heteroatoms. The number of hydrogen-bond acceptors (Lipinski definition) is 6. The summed E-state index contributed by atoms with van der Waals surface area (Å²) in [7, 11) is 0. The van der Waals surface area contributed by atoms with E-state index in [4.69, 9.17) is 18.0 Å². The van der Waals surface area contributed by atoms with E-state index in [1.807, 2.05) is 6.07 Å². The molecule has 0 aliphatic rings. The smallest absolute Gasteiger partial charge is 0.270 e. The highest BCUT2D eigenvalue weighted by molar-refractivity contribution is 7.07. The fraction of sp³-hybridized carbons (Fsp3) is 0.200. The van der Waals surface area contributed by atoms with Crippen molar-refractivity contribution in [3.05, 3.63) is 43.8 Å². The second-order valence-corrected chi connectivity index (χ2v) is 7.04. The maximum atomic E-state index is 12.7. The third-order valence-electron chi connectivity index (χ3n) is 3.77. The first kappa shape index (κ1) is 22.8. The van der Waals surface area contributed by atoms with Crippen LogP contribution < -0.4 is 30.7 Å². The lowest BCUT2D eigenvalue weighted by Crippen LogP contribution is -2.34. The number of anilines is 2. The molecule has 0 atom stereocenters. The maximum absolute atomic E-state index is 12.7. The Balaban J connectivity index is 2.45. The number of thiazole rings is 1. The van der Waals surface area contributed by atoms with Gasteiger partial charge in [-0.2, -0.15) is 5.26 Å². The minimum absolute atomic E-state index is 0.0249. The van der Waals surface area contributed by atoms with Crippen molar-refractivity contribution < 1.29 is 9.59 Å². The number of carbonyl (C=O) groups excluding carboxylic acids is 2. The zero-order valence-corrected chi connectivity index (χ0v) is 17.6. The number of amides is 2. The number of carbonyl (C=O) groups is 2. The first-order valence-corrected chi connectivity index (χ1v) is 10.1. The minimum Gasteiger partial charge on any atom is -0.360 e. The number of nitriles is 1. The molecule has 2 aromatic rings. The summed E-state index contributed by atoms with van der Waals surface area (Å²) in [6, 6.07) is 8.70. The molecular formula is C20H18ClN5O3S. The lowest BCUT2D eigenvalue weighted by atomic mass is 10.3. The highest BCUT2D eigenvalue weighted by Crippen LogP contribution is 2.15. The van der Waals surface area contributed by atoms with Crippen molar-refractivity contribution in [1.82, 2.24) is 9.88 Å². The Labute approximate surface area is 181 Å². The Morgan fingerprint density at radius 2 is 2.10 bits per heavy atom. The van der Waals surface area contributed by atoms with Gasteiger partial charge in [-0.1, -0.05) is 12.0 Å². The summed E-state index contributed by atoms with van der Waals surface area (Å²) in [6.45, 7) is 2.00. The van der Waals surface area contributed by atoms with Gasteiger partial charge in [0.1, 0.15) is 21.1 Å². The second-order valence-electron chi connectivity index (χ2n) is 5.75. The highest BCUT2D eigenvalue weighted by Gasteiger charge is 2.14. The summed E-state index contributed by atoms with van der Waals surface area (Å²) >= 11 is 6.50. The van der Waals surface area contributed by atoms with E-state index in [1.165, 1.54) is 10.8 Å². The largest absolute Gasteiger partial charge is 0.360 e. The molecule has 0 saturated heterocycles. The zero-order chi connectivity index (χ0) is 22.1. The Bertz CT molecular complexity index is 1220. The third-order valence-corrected chi connectivity index (χ3v) is 5.14. The standard InChI is InChI=1S/C20H18ClN5O3S/c1-3-8-23-18(28)15(11-22)20-26(4-2)19(29)16(30-20)12-24-13-6-5-7-14(9-13)25-17(27)10-21/h1,5-7,9,12,24H,4,8,10H2,2H3,(H,23,28)(H,25,27). The van der Waals surface area contributed by atoms with Crippen molar-refractivity contribution in [2.24, 2.45) is 0 Å². The van der Waals surface area contributed by atoms with Crippen molar-refractivity contribution in [3.8, 4) is 18.4 Å². The SMILES string of the molecule is C#CCNC(=O)C(C#N)=c1sc(=CNc2cccc(NC(=O)CCl)c2)c(=O)n1CC. The molecule has 0 radical (unpaired) electrons. The van der Waals surface area contributed by atoms with Gasteiger partial charge in [-0.15, -0.1) is 29.4 Å². The molecule has 0 fully saturated rings. The van der Waals surface area contributed by atoms with E-state index < -0.39 is 5.91 Å². The number of nitrogens with one attached hydrogen (secondary N) is 3. The van der Waals surface area contributed by atoms with Crippen LogP contribution in [0.25, 0.3) is 11.8 Å². The summed E-state index contributed by atoms with van der Waals surface area (Å²) in [5, 5.41) is 17.5. The van der Waals surface area contributed by atoms with E-state index in [9.17, 15) is 19.6 Å². The lowest BCUT2D eigenvalue weighted by molar-refractivity contribution is -0.115. The molecule has 0 saturated carbocycles. The number of aromatic nitrogens is 1. The number of hydrogen-bond donors (Lipinski definition) is 3. The molecule has 0 aliphatic carbocycles. The number of benzene rings is 1. The summed E-state index contributed by atoms with van der Waals surface area (Å²) in [6.07, 6.45) is 6.61. The highest BCUT2D eigenvalue weighted by atomic mass is 35.5. The third kappa shape index (κ3) is 5.51. The van der Waals surface area contributed by atoms with Crippen LogP contribution in [0, 0.1) is 23.7 Å². The molecule has 1 aromatic carbocycles. The second kappa shape index (κ2) is 10.9. The van der Waals surface area contributed by atoms with Crippen LogP contribution in [0.3, 0.4) is 0 Å². The zero-order valence-electron chi connectivity index (χ0n) is 16.0. The summed E-state index contributed by atoms with van der Waals surface area (Å²) in [5.41, 5.74) is 0.645. The summed E-state index contributed by atoms with van der Waals surface area (Å²) in [5.74, 6) is 1.12. The van der Waals surface area contributed by atoms with Crippen molar-refractivity contribution in [1.29, 1.82) is 5.26 Å². The van der Waals surface area contributed by atoms with Crippen LogP contribution in [0.4, 0.5) is 11.4 Å². The van der Waals surface area contributed by atoms with Gasteiger partial charge in [0.2, 0.25) is 5.91 Å². The molecule has 30 heavy (non-hydrogen) atoms. The van der Waals surface area contributed by atoms with Gasteiger partial charge in [0.15, 0.2) is 5.57 Å². The van der Waals surface area contributed by atoms with Crippen LogP contribution in [0.5, 0.6) is 0 Å². The van der Waals surface area contributed by atoms with E-state index in [0.29, 0.717) is 15.9 Å². The lowest BCUT2D eigenvalue weighted by Gasteiger charge is -2.05. The predicted octanol–water partition coefficient (Wildman–Crippen LogP) is 0.381. The molecule has 0 unspecified atom stereocenters. The molecule has 0 aliphatic heterocycles. The summed E-state index contributed by atoms with van der Waals surface area (Å²) < 4.78 is 1.90.